The maximum atomic E-state index is 13.5. The van der Waals surface area contributed by atoms with Gasteiger partial charge in [-0.15, -0.1) is 0 Å². The lowest BCUT2D eigenvalue weighted by Crippen LogP contribution is -2.48. The van der Waals surface area contributed by atoms with Crippen LogP contribution in [0.5, 0.6) is 0 Å². The number of nitrogens with one attached hydrogen (secondary N) is 1. The number of anilines is 3. The van der Waals surface area contributed by atoms with Crippen molar-refractivity contribution in [2.75, 3.05) is 56.0 Å². The Balaban J connectivity index is 1.07. The van der Waals surface area contributed by atoms with Crippen molar-refractivity contribution in [3.8, 4) is 0 Å². The lowest BCUT2D eigenvalue weighted by atomic mass is 10.0. The number of hydrogen-bond acceptors (Lipinski definition) is 10. The molecular weight excluding hydrogens is 584 g/mol. The molecule has 0 bridgehead atoms. The van der Waals surface area contributed by atoms with Gasteiger partial charge in [-0.1, -0.05) is 12.8 Å². The number of nitrogens with zero attached hydrogens (tertiary/aromatic N) is 7. The number of carbonyl (C=O) groups is 2. The largest absolute Gasteiger partial charge is 0.444 e. The summed E-state index contributed by atoms with van der Waals surface area (Å²) in [5.41, 5.74) is 1.74. The topological polar surface area (TPSA) is 126 Å². The van der Waals surface area contributed by atoms with Gasteiger partial charge in [0.05, 0.1) is 17.4 Å². The smallest absolute Gasteiger partial charge is 0.410 e. The molecule has 1 amide bonds. The van der Waals surface area contributed by atoms with Gasteiger partial charge in [0.1, 0.15) is 17.1 Å². The molecule has 0 aromatic carbocycles. The van der Waals surface area contributed by atoms with E-state index in [1.807, 2.05) is 37.9 Å². The quantitative estimate of drug-likeness (QED) is 0.359. The Kier molecular flexibility index (Phi) is 9.00. The van der Waals surface area contributed by atoms with E-state index in [2.05, 4.69) is 31.2 Å². The summed E-state index contributed by atoms with van der Waals surface area (Å²) in [6.45, 7) is 15.2. The highest BCUT2D eigenvalue weighted by Gasteiger charge is 2.31. The van der Waals surface area contributed by atoms with Crippen LogP contribution in [0.1, 0.15) is 81.8 Å². The van der Waals surface area contributed by atoms with Crippen LogP contribution in [-0.4, -0.2) is 92.6 Å². The summed E-state index contributed by atoms with van der Waals surface area (Å²) < 4.78 is 7.27. The molecule has 1 unspecified atom stereocenters. The number of rotatable bonds is 7. The van der Waals surface area contributed by atoms with Crippen molar-refractivity contribution in [1.29, 1.82) is 0 Å². The van der Waals surface area contributed by atoms with Gasteiger partial charge in [0, 0.05) is 63.4 Å². The first-order chi connectivity index (χ1) is 22.0. The molecule has 3 fully saturated rings. The standard InChI is InChI=1S/C34H46N8O4/c1-22-27-19-36-32(38-30(27)42(25-8-6-7-9-25)31(44)29(22)23(2)43)37-28-11-10-26(18-35-28)40-16-14-39(15-17-40)20-24-12-13-41(21-24)33(45)46-34(3,4)5/h10-11,18-19,24-25H,6-9,12-17,20-21H2,1-5H3,(H,35,36,37,38). The van der Waals surface area contributed by atoms with Gasteiger partial charge in [-0.25, -0.2) is 14.8 Å². The van der Waals surface area contributed by atoms with Gasteiger partial charge < -0.3 is 19.9 Å². The maximum Gasteiger partial charge on any atom is 0.410 e. The van der Waals surface area contributed by atoms with Crippen LogP contribution in [0, 0.1) is 12.8 Å². The zero-order chi connectivity index (χ0) is 32.6. The predicted octanol–water partition coefficient (Wildman–Crippen LogP) is 4.94. The van der Waals surface area contributed by atoms with Crippen LogP contribution in [0.4, 0.5) is 22.2 Å². The molecule has 1 saturated carbocycles. The van der Waals surface area contributed by atoms with Crippen molar-refractivity contribution >= 4 is 40.4 Å². The SMILES string of the molecule is CC(=O)c1c(C)c2cnc(Nc3ccc(N4CCN(CC5CCN(C(=O)OC(C)(C)C)C5)CC4)cn3)nc2n(C2CCCC2)c1=O. The van der Waals surface area contributed by atoms with E-state index in [4.69, 9.17) is 9.72 Å². The zero-order valence-corrected chi connectivity index (χ0v) is 27.7. The molecule has 1 aliphatic carbocycles. The molecule has 5 heterocycles. The molecule has 2 saturated heterocycles. The van der Waals surface area contributed by atoms with Crippen molar-refractivity contribution in [3.63, 3.8) is 0 Å². The number of aromatic nitrogens is 4. The van der Waals surface area contributed by atoms with Gasteiger partial charge in [0.2, 0.25) is 5.95 Å². The normalized spacial score (nSPS) is 19.6. The summed E-state index contributed by atoms with van der Waals surface area (Å²) >= 11 is 0. The molecular formula is C34H46N8O4. The Hall–Kier alpha value is -4.06. The molecule has 12 nitrogen and oxygen atoms in total. The monoisotopic (exact) mass is 630 g/mol. The van der Waals surface area contributed by atoms with Crippen molar-refractivity contribution in [2.24, 2.45) is 5.92 Å². The summed E-state index contributed by atoms with van der Waals surface area (Å²) in [5.74, 6) is 1.21. The second-order valence-corrected chi connectivity index (χ2v) is 14.0. The van der Waals surface area contributed by atoms with E-state index >= 15 is 0 Å². The molecule has 3 aromatic rings. The minimum Gasteiger partial charge on any atom is -0.444 e. The fourth-order valence-corrected chi connectivity index (χ4v) is 7.10. The number of fused-ring (bicyclic) bond motifs is 1. The first kappa shape index (κ1) is 31.9. The molecule has 246 valence electrons. The second-order valence-electron chi connectivity index (χ2n) is 14.0. The number of carbonyl (C=O) groups excluding carboxylic acids is 2. The van der Waals surface area contributed by atoms with E-state index in [-0.39, 0.29) is 29.0 Å². The van der Waals surface area contributed by atoms with Gasteiger partial charge in [0.15, 0.2) is 5.78 Å². The highest BCUT2D eigenvalue weighted by Crippen LogP contribution is 2.32. The minimum atomic E-state index is -0.471. The summed E-state index contributed by atoms with van der Waals surface area (Å²) in [6.07, 6.45) is 8.27. The molecule has 1 N–H and O–H groups in total. The maximum absolute atomic E-state index is 13.5. The zero-order valence-electron chi connectivity index (χ0n) is 27.7. The molecule has 46 heavy (non-hydrogen) atoms. The van der Waals surface area contributed by atoms with Crippen LogP contribution >= 0.6 is 0 Å². The highest BCUT2D eigenvalue weighted by atomic mass is 16.6. The van der Waals surface area contributed by atoms with Crippen molar-refractivity contribution in [2.45, 2.75) is 78.4 Å². The van der Waals surface area contributed by atoms with E-state index in [0.29, 0.717) is 28.9 Å². The van der Waals surface area contributed by atoms with Crippen LogP contribution in [0.2, 0.25) is 0 Å². The van der Waals surface area contributed by atoms with Crippen LogP contribution in [0.15, 0.2) is 29.3 Å². The summed E-state index contributed by atoms with van der Waals surface area (Å²) in [4.78, 5) is 59.0. The molecule has 0 radical (unpaired) electrons. The van der Waals surface area contributed by atoms with Crippen LogP contribution in [0.3, 0.4) is 0 Å². The van der Waals surface area contributed by atoms with E-state index in [0.717, 1.165) is 89.0 Å². The average Bonchev–Trinajstić information content (AvgIpc) is 3.70. The van der Waals surface area contributed by atoms with Gasteiger partial charge in [0.25, 0.3) is 5.56 Å². The Bertz CT molecular complexity index is 1650. The molecule has 3 aliphatic rings. The minimum absolute atomic E-state index is 0.0272. The van der Waals surface area contributed by atoms with Crippen LogP contribution in [0.25, 0.3) is 11.0 Å². The molecule has 6 rings (SSSR count). The fraction of sp³-hybridized carbons (Fsp3) is 0.588. The number of aryl methyl sites for hydroxylation is 1. The van der Waals surface area contributed by atoms with E-state index in [1.165, 1.54) is 6.92 Å². The van der Waals surface area contributed by atoms with Gasteiger partial charge >= 0.3 is 6.09 Å². The van der Waals surface area contributed by atoms with Crippen molar-refractivity contribution in [3.05, 3.63) is 46.0 Å². The second kappa shape index (κ2) is 13.0. The number of piperazine rings is 1. The number of likely N-dealkylation sites (tertiary alicyclic amines) is 1. The van der Waals surface area contributed by atoms with Crippen molar-refractivity contribution in [1.82, 2.24) is 29.3 Å². The number of ether oxygens (including phenoxy) is 1. The third-order valence-corrected chi connectivity index (χ3v) is 9.43. The van der Waals surface area contributed by atoms with Gasteiger partial charge in [-0.2, -0.15) is 4.98 Å². The number of Topliss-reactive ketones (excluding diaryl/α,β-unsaturated/α-hetero) is 1. The summed E-state index contributed by atoms with van der Waals surface area (Å²) in [5, 5.41) is 3.93. The fourth-order valence-electron chi connectivity index (χ4n) is 7.10. The first-order valence-corrected chi connectivity index (χ1v) is 16.6. The number of ketones is 1. The average molecular weight is 631 g/mol. The lowest BCUT2D eigenvalue weighted by molar-refractivity contribution is 0.0285. The Labute approximate surface area is 270 Å². The Morgan fingerprint density at radius 2 is 1.74 bits per heavy atom. The third kappa shape index (κ3) is 6.86. The Morgan fingerprint density at radius 1 is 1.00 bits per heavy atom. The number of amides is 1. The highest BCUT2D eigenvalue weighted by molar-refractivity contribution is 5.99. The predicted molar refractivity (Wildman–Crippen MR) is 178 cm³/mol. The third-order valence-electron chi connectivity index (χ3n) is 9.43. The number of pyridine rings is 2. The molecule has 3 aromatic heterocycles. The number of hydrogen-bond donors (Lipinski definition) is 1. The van der Waals surface area contributed by atoms with E-state index < -0.39 is 5.60 Å². The lowest BCUT2D eigenvalue weighted by Gasteiger charge is -2.37. The van der Waals surface area contributed by atoms with Gasteiger partial charge in [-0.05, 0) is 77.5 Å². The molecule has 0 spiro atoms. The van der Waals surface area contributed by atoms with Crippen LogP contribution < -0.4 is 15.8 Å². The summed E-state index contributed by atoms with van der Waals surface area (Å²) in [6, 6.07) is 4.01. The van der Waals surface area contributed by atoms with Crippen LogP contribution in [-0.2, 0) is 4.74 Å². The van der Waals surface area contributed by atoms with E-state index in [9.17, 15) is 14.4 Å². The molecule has 1 atom stereocenters. The van der Waals surface area contributed by atoms with E-state index in [1.54, 1.807) is 17.7 Å². The molecule has 12 heteroatoms. The molecule has 2 aliphatic heterocycles. The van der Waals surface area contributed by atoms with Gasteiger partial charge in [-0.3, -0.25) is 19.1 Å². The summed E-state index contributed by atoms with van der Waals surface area (Å²) in [7, 11) is 0. The Morgan fingerprint density at radius 3 is 2.39 bits per heavy atom. The first-order valence-electron chi connectivity index (χ1n) is 16.6. The van der Waals surface area contributed by atoms with Crippen molar-refractivity contribution < 1.29 is 14.3 Å².